The van der Waals surface area contributed by atoms with Crippen LogP contribution in [0.1, 0.15) is 18.1 Å². The zero-order valence-corrected chi connectivity index (χ0v) is 13.6. The average Bonchev–Trinajstić information content (AvgIpc) is 2.52. The van der Waals surface area contributed by atoms with Crippen LogP contribution in [0.2, 0.25) is 0 Å². The Hall–Kier alpha value is -3.15. The summed E-state index contributed by atoms with van der Waals surface area (Å²) >= 11 is 0. The monoisotopic (exact) mass is 325 g/mol. The molecule has 0 saturated carbocycles. The molecule has 2 rings (SSSR count). The summed E-state index contributed by atoms with van der Waals surface area (Å²) in [6.45, 7) is 3.63. The van der Waals surface area contributed by atoms with Gasteiger partial charge in [-0.05, 0) is 30.7 Å². The molecular weight excluding hydrogens is 306 g/mol. The van der Waals surface area contributed by atoms with Crippen molar-refractivity contribution in [2.45, 2.75) is 20.4 Å². The molecule has 0 bridgehead atoms. The second kappa shape index (κ2) is 7.92. The summed E-state index contributed by atoms with van der Waals surface area (Å²) in [4.78, 5) is 34.8. The molecule has 0 aliphatic heterocycles. The number of rotatable bonds is 4. The van der Waals surface area contributed by atoms with Crippen molar-refractivity contribution >= 4 is 29.1 Å². The molecule has 124 valence electrons. The van der Waals surface area contributed by atoms with E-state index in [9.17, 15) is 14.4 Å². The highest BCUT2D eigenvalue weighted by Gasteiger charge is 2.13. The number of aryl methyl sites for hydroxylation is 1. The second-order valence-corrected chi connectivity index (χ2v) is 5.39. The third kappa shape index (κ3) is 5.24. The molecule has 0 aromatic heterocycles. The first-order valence-corrected chi connectivity index (χ1v) is 7.46. The van der Waals surface area contributed by atoms with Crippen LogP contribution < -0.4 is 16.0 Å². The highest BCUT2D eigenvalue weighted by Crippen LogP contribution is 2.14. The Morgan fingerprint density at radius 2 is 1.54 bits per heavy atom. The molecule has 0 fully saturated rings. The van der Waals surface area contributed by atoms with E-state index >= 15 is 0 Å². The van der Waals surface area contributed by atoms with Crippen molar-refractivity contribution in [2.75, 3.05) is 10.6 Å². The quantitative estimate of drug-likeness (QED) is 0.753. The van der Waals surface area contributed by atoms with E-state index in [1.807, 2.05) is 31.2 Å². The number of amides is 3. The summed E-state index contributed by atoms with van der Waals surface area (Å²) in [5, 5.41) is 7.68. The maximum Gasteiger partial charge on any atom is 0.313 e. The van der Waals surface area contributed by atoms with Gasteiger partial charge in [-0.3, -0.25) is 14.4 Å². The lowest BCUT2D eigenvalue weighted by Crippen LogP contribution is -2.34. The first-order valence-electron chi connectivity index (χ1n) is 7.46. The zero-order valence-electron chi connectivity index (χ0n) is 13.6. The van der Waals surface area contributed by atoms with Gasteiger partial charge in [0.25, 0.3) is 0 Å². The first-order chi connectivity index (χ1) is 11.4. The van der Waals surface area contributed by atoms with Crippen LogP contribution >= 0.6 is 0 Å². The van der Waals surface area contributed by atoms with Gasteiger partial charge in [0.05, 0.1) is 0 Å². The van der Waals surface area contributed by atoms with Crippen molar-refractivity contribution < 1.29 is 14.4 Å². The highest BCUT2D eigenvalue weighted by molar-refractivity contribution is 6.39. The van der Waals surface area contributed by atoms with E-state index < -0.39 is 11.8 Å². The van der Waals surface area contributed by atoms with Gasteiger partial charge in [0.2, 0.25) is 5.91 Å². The molecule has 24 heavy (non-hydrogen) atoms. The van der Waals surface area contributed by atoms with Crippen LogP contribution in [0.3, 0.4) is 0 Å². The normalized spacial score (nSPS) is 9.92. The van der Waals surface area contributed by atoms with Gasteiger partial charge < -0.3 is 16.0 Å². The third-order valence-electron chi connectivity index (χ3n) is 3.18. The second-order valence-electron chi connectivity index (χ2n) is 5.39. The predicted octanol–water partition coefficient (Wildman–Crippen LogP) is 2.21. The molecule has 0 unspecified atom stereocenters. The molecule has 3 amide bonds. The van der Waals surface area contributed by atoms with Crippen LogP contribution in [0.15, 0.2) is 48.5 Å². The van der Waals surface area contributed by atoms with Crippen molar-refractivity contribution in [2.24, 2.45) is 0 Å². The van der Waals surface area contributed by atoms with Gasteiger partial charge in [-0.15, -0.1) is 0 Å². The molecule has 0 saturated heterocycles. The van der Waals surface area contributed by atoms with Gasteiger partial charge in [0.1, 0.15) is 0 Å². The van der Waals surface area contributed by atoms with Gasteiger partial charge in [0, 0.05) is 24.8 Å². The number of anilines is 2. The Morgan fingerprint density at radius 1 is 0.875 bits per heavy atom. The van der Waals surface area contributed by atoms with Crippen molar-refractivity contribution in [3.05, 3.63) is 59.7 Å². The third-order valence-corrected chi connectivity index (χ3v) is 3.18. The van der Waals surface area contributed by atoms with Crippen LogP contribution in [0.4, 0.5) is 11.4 Å². The van der Waals surface area contributed by atoms with E-state index in [-0.39, 0.29) is 12.5 Å². The summed E-state index contributed by atoms with van der Waals surface area (Å²) in [5.74, 6) is -1.70. The minimum atomic E-state index is -0.761. The fourth-order valence-electron chi connectivity index (χ4n) is 2.15. The van der Waals surface area contributed by atoms with E-state index in [1.165, 1.54) is 6.92 Å². The summed E-state index contributed by atoms with van der Waals surface area (Å²) in [5.41, 5.74) is 2.97. The summed E-state index contributed by atoms with van der Waals surface area (Å²) < 4.78 is 0. The molecule has 0 atom stereocenters. The van der Waals surface area contributed by atoms with Crippen molar-refractivity contribution in [1.82, 2.24) is 5.32 Å². The van der Waals surface area contributed by atoms with Gasteiger partial charge in [-0.1, -0.05) is 35.9 Å². The highest BCUT2D eigenvalue weighted by atomic mass is 16.2. The summed E-state index contributed by atoms with van der Waals surface area (Å²) in [7, 11) is 0. The fourth-order valence-corrected chi connectivity index (χ4v) is 2.15. The van der Waals surface area contributed by atoms with E-state index in [4.69, 9.17) is 0 Å². The number of carbonyl (C=O) groups is 3. The van der Waals surface area contributed by atoms with Crippen LogP contribution in [0.5, 0.6) is 0 Å². The van der Waals surface area contributed by atoms with Crippen molar-refractivity contribution in [3.63, 3.8) is 0 Å². The SMILES string of the molecule is CC(=O)Nc1cccc(NC(=O)C(=O)NCc2cccc(C)c2)c1. The number of carbonyl (C=O) groups excluding carboxylic acids is 3. The Bertz CT molecular complexity index is 772. The molecule has 0 aliphatic rings. The van der Waals surface area contributed by atoms with Crippen LogP contribution in [0, 0.1) is 6.92 Å². The Labute approximate surface area is 140 Å². The molecule has 2 aromatic carbocycles. The molecule has 0 radical (unpaired) electrons. The molecule has 0 aliphatic carbocycles. The lowest BCUT2D eigenvalue weighted by atomic mass is 10.1. The molecule has 6 nitrogen and oxygen atoms in total. The maximum absolute atomic E-state index is 11.9. The predicted molar refractivity (Wildman–Crippen MR) is 92.4 cm³/mol. The fraction of sp³-hybridized carbons (Fsp3) is 0.167. The minimum Gasteiger partial charge on any atom is -0.344 e. The average molecular weight is 325 g/mol. The van der Waals surface area contributed by atoms with E-state index in [2.05, 4.69) is 16.0 Å². The van der Waals surface area contributed by atoms with E-state index in [1.54, 1.807) is 24.3 Å². The lowest BCUT2D eigenvalue weighted by molar-refractivity contribution is -0.136. The van der Waals surface area contributed by atoms with E-state index in [0.29, 0.717) is 11.4 Å². The molecule has 6 heteroatoms. The van der Waals surface area contributed by atoms with Crippen molar-refractivity contribution in [1.29, 1.82) is 0 Å². The summed E-state index contributed by atoms with van der Waals surface area (Å²) in [6, 6.07) is 14.2. The molecule has 0 spiro atoms. The molecule has 0 heterocycles. The first kappa shape index (κ1) is 17.2. The van der Waals surface area contributed by atoms with E-state index in [0.717, 1.165) is 11.1 Å². The molecule has 2 aromatic rings. The Morgan fingerprint density at radius 3 is 2.21 bits per heavy atom. The standard InChI is InChI=1S/C18H19N3O3/c1-12-5-3-6-14(9-12)11-19-17(23)18(24)21-16-8-4-7-15(10-16)20-13(2)22/h3-10H,11H2,1-2H3,(H,19,23)(H,20,22)(H,21,24). The number of nitrogens with one attached hydrogen (secondary N) is 3. The Kier molecular flexibility index (Phi) is 5.68. The lowest BCUT2D eigenvalue weighted by Gasteiger charge is -2.08. The van der Waals surface area contributed by atoms with Crippen LogP contribution in [-0.4, -0.2) is 17.7 Å². The smallest absolute Gasteiger partial charge is 0.313 e. The zero-order chi connectivity index (χ0) is 17.5. The maximum atomic E-state index is 11.9. The molecular formula is C18H19N3O3. The minimum absolute atomic E-state index is 0.214. The van der Waals surface area contributed by atoms with Gasteiger partial charge >= 0.3 is 11.8 Å². The van der Waals surface area contributed by atoms with Crippen molar-refractivity contribution in [3.8, 4) is 0 Å². The summed E-state index contributed by atoms with van der Waals surface area (Å²) in [6.07, 6.45) is 0. The number of hydrogen-bond donors (Lipinski definition) is 3. The largest absolute Gasteiger partial charge is 0.344 e. The van der Waals surface area contributed by atoms with Gasteiger partial charge in [-0.2, -0.15) is 0 Å². The Balaban J connectivity index is 1.91. The topological polar surface area (TPSA) is 87.3 Å². The number of hydrogen-bond acceptors (Lipinski definition) is 3. The van der Waals surface area contributed by atoms with Crippen LogP contribution in [0.25, 0.3) is 0 Å². The molecule has 3 N–H and O–H groups in total. The van der Waals surface area contributed by atoms with Crippen LogP contribution in [-0.2, 0) is 20.9 Å². The van der Waals surface area contributed by atoms with Gasteiger partial charge in [0.15, 0.2) is 0 Å². The number of benzene rings is 2. The van der Waals surface area contributed by atoms with Gasteiger partial charge in [-0.25, -0.2) is 0 Å².